The van der Waals surface area contributed by atoms with Gasteiger partial charge in [-0.05, 0) is 60.7 Å². The number of carbonyl (C=O) groups excluding carboxylic acids is 5. The van der Waals surface area contributed by atoms with Crippen molar-refractivity contribution in [3.8, 4) is 0 Å². The molecule has 15 heteroatoms. The van der Waals surface area contributed by atoms with E-state index in [-0.39, 0.29) is 77.5 Å². The Kier molecular flexibility index (Phi) is 9.69. The molecular formula is C30H40F4O10S. The molecule has 4 aliphatic carbocycles. The van der Waals surface area contributed by atoms with Gasteiger partial charge in [0.25, 0.3) is 5.92 Å². The number of hydrogen-bond donors (Lipinski definition) is 1. The van der Waals surface area contributed by atoms with E-state index in [1.54, 1.807) is 0 Å². The van der Waals surface area contributed by atoms with Crippen LogP contribution in [-0.2, 0) is 43.6 Å². The summed E-state index contributed by atoms with van der Waals surface area (Å²) in [6.45, 7) is 3.15. The SMILES string of the molecule is C[C@H](CCC(=O)OCC(F)(F)CCOC(=O)C(F)(F)S(=O)(=O)O)[C@H]1CCC2C3C(=O)CC4CC(=O)CC[C@]4(C)C3CC(=O)[C@@]21C. The number of carbonyl (C=O) groups is 5. The number of esters is 2. The molecule has 45 heavy (non-hydrogen) atoms. The van der Waals surface area contributed by atoms with Crippen LogP contribution in [0.1, 0.15) is 85.0 Å². The Bertz CT molecular complexity index is 1350. The van der Waals surface area contributed by atoms with E-state index >= 15 is 0 Å². The van der Waals surface area contributed by atoms with Gasteiger partial charge in [-0.25, -0.2) is 13.6 Å². The first-order valence-corrected chi connectivity index (χ1v) is 16.7. The van der Waals surface area contributed by atoms with Gasteiger partial charge in [0.05, 0.1) is 6.61 Å². The summed E-state index contributed by atoms with van der Waals surface area (Å²) in [6.07, 6.45) is 2.13. The Hall–Kier alpha value is -2.42. The minimum Gasteiger partial charge on any atom is -0.460 e. The molecule has 0 spiro atoms. The number of halogens is 4. The van der Waals surface area contributed by atoms with Crippen molar-refractivity contribution >= 4 is 39.4 Å². The van der Waals surface area contributed by atoms with Crippen molar-refractivity contribution in [2.45, 2.75) is 96.2 Å². The number of ether oxygens (including phenoxy) is 2. The van der Waals surface area contributed by atoms with E-state index in [0.717, 1.165) is 0 Å². The molecule has 0 aromatic heterocycles. The average Bonchev–Trinajstić information content (AvgIpc) is 3.29. The molecule has 0 bridgehead atoms. The van der Waals surface area contributed by atoms with E-state index in [1.807, 2.05) is 13.8 Å². The standard InChI is InChI=1S/C30H40F4O10S/c1-16(4-7-24(38)44-15-29(31,32)10-11-43-26(39)30(33,34)45(40,41)42)19-5-6-20-25-21(14-23(37)28(19,20)3)27(2)9-8-18(35)12-17(27)13-22(25)36/h16-17,19-21,25H,4-15H2,1-3H3,(H,40,41,42)/t16-,17?,19-,20?,21?,25?,27+,28-/m1/s1. The van der Waals surface area contributed by atoms with Gasteiger partial charge in [0.15, 0.2) is 6.61 Å². The number of Topliss-reactive ketones (excluding diaryl/α,β-unsaturated/α-hetero) is 3. The molecule has 4 rings (SSSR count). The van der Waals surface area contributed by atoms with Crippen LogP contribution in [0.15, 0.2) is 0 Å². The van der Waals surface area contributed by atoms with E-state index in [2.05, 4.69) is 16.4 Å². The maximum absolute atomic E-state index is 14.1. The largest absolute Gasteiger partial charge is 0.465 e. The van der Waals surface area contributed by atoms with Crippen LogP contribution in [0, 0.1) is 46.3 Å². The molecule has 4 fully saturated rings. The predicted octanol–water partition coefficient (Wildman–Crippen LogP) is 4.58. The summed E-state index contributed by atoms with van der Waals surface area (Å²) in [5.74, 6) is -7.94. The lowest BCUT2D eigenvalue weighted by molar-refractivity contribution is -0.168. The summed E-state index contributed by atoms with van der Waals surface area (Å²) >= 11 is 0. The van der Waals surface area contributed by atoms with Gasteiger partial charge >= 0.3 is 27.3 Å². The molecule has 0 amide bonds. The lowest BCUT2D eigenvalue weighted by Gasteiger charge is -2.58. The average molecular weight is 669 g/mol. The molecule has 254 valence electrons. The van der Waals surface area contributed by atoms with Gasteiger partial charge in [-0.15, -0.1) is 0 Å². The topological polar surface area (TPSA) is 158 Å². The fourth-order valence-electron chi connectivity index (χ4n) is 8.75. The second kappa shape index (κ2) is 12.3. The first kappa shape index (κ1) is 35.4. The molecule has 4 unspecified atom stereocenters. The molecule has 0 saturated heterocycles. The van der Waals surface area contributed by atoms with Crippen molar-refractivity contribution in [2.24, 2.45) is 46.3 Å². The van der Waals surface area contributed by atoms with E-state index in [4.69, 9.17) is 4.55 Å². The lowest BCUT2D eigenvalue weighted by Crippen LogP contribution is -2.60. The van der Waals surface area contributed by atoms with Crippen LogP contribution >= 0.6 is 0 Å². The van der Waals surface area contributed by atoms with Gasteiger partial charge in [-0.1, -0.05) is 20.8 Å². The Morgan fingerprint density at radius 1 is 1.02 bits per heavy atom. The van der Waals surface area contributed by atoms with Crippen LogP contribution < -0.4 is 0 Å². The van der Waals surface area contributed by atoms with Crippen molar-refractivity contribution in [3.63, 3.8) is 0 Å². The first-order valence-electron chi connectivity index (χ1n) is 15.3. The van der Waals surface area contributed by atoms with E-state index < -0.39 is 58.3 Å². The lowest BCUT2D eigenvalue weighted by atomic mass is 9.44. The zero-order valence-electron chi connectivity index (χ0n) is 25.5. The third-order valence-corrected chi connectivity index (χ3v) is 12.2. The van der Waals surface area contributed by atoms with Gasteiger partial charge in [0.2, 0.25) is 0 Å². The molecule has 8 atom stereocenters. The quantitative estimate of drug-likeness (QED) is 0.188. The van der Waals surface area contributed by atoms with Crippen LogP contribution in [0.2, 0.25) is 0 Å². The number of fused-ring (bicyclic) bond motifs is 5. The van der Waals surface area contributed by atoms with Gasteiger partial charge < -0.3 is 9.47 Å². The molecule has 0 aliphatic heterocycles. The van der Waals surface area contributed by atoms with Crippen molar-refractivity contribution in [1.29, 1.82) is 0 Å². The minimum atomic E-state index is -6.15. The third-order valence-electron chi connectivity index (χ3n) is 11.4. The Morgan fingerprint density at radius 2 is 1.69 bits per heavy atom. The summed E-state index contributed by atoms with van der Waals surface area (Å²) in [5, 5.41) is -5.32. The van der Waals surface area contributed by atoms with Crippen molar-refractivity contribution in [2.75, 3.05) is 13.2 Å². The monoisotopic (exact) mass is 668 g/mol. The summed E-state index contributed by atoms with van der Waals surface area (Å²) < 4.78 is 92.4. The van der Waals surface area contributed by atoms with E-state index in [9.17, 15) is 50.0 Å². The molecule has 0 aromatic rings. The molecule has 0 radical (unpaired) electrons. The molecule has 4 aliphatic rings. The summed E-state index contributed by atoms with van der Waals surface area (Å²) in [5.41, 5.74) is -1.02. The number of alkyl halides is 4. The van der Waals surface area contributed by atoms with Crippen molar-refractivity contribution < 1.29 is 64.0 Å². The van der Waals surface area contributed by atoms with Gasteiger partial charge in [-0.2, -0.15) is 17.2 Å². The summed E-state index contributed by atoms with van der Waals surface area (Å²) in [4.78, 5) is 63.0. The molecule has 4 saturated carbocycles. The normalized spacial score (nSPS) is 34.4. The Balaban J connectivity index is 1.29. The number of rotatable bonds is 11. The van der Waals surface area contributed by atoms with Crippen molar-refractivity contribution in [3.05, 3.63) is 0 Å². The van der Waals surface area contributed by atoms with Crippen LogP contribution in [0.3, 0.4) is 0 Å². The first-order chi connectivity index (χ1) is 20.6. The van der Waals surface area contributed by atoms with Crippen LogP contribution in [-0.4, -0.2) is 66.6 Å². The molecular weight excluding hydrogens is 628 g/mol. The highest BCUT2D eigenvalue weighted by molar-refractivity contribution is 7.87. The van der Waals surface area contributed by atoms with Gasteiger partial charge in [0, 0.05) is 49.9 Å². The maximum Gasteiger partial charge on any atom is 0.465 e. The molecule has 0 heterocycles. The van der Waals surface area contributed by atoms with E-state index in [1.165, 1.54) is 0 Å². The highest BCUT2D eigenvalue weighted by Crippen LogP contribution is 2.66. The summed E-state index contributed by atoms with van der Waals surface area (Å²) in [7, 11) is -6.15. The molecule has 0 aromatic carbocycles. The van der Waals surface area contributed by atoms with Gasteiger partial charge in [-0.3, -0.25) is 23.7 Å². The second-order valence-electron chi connectivity index (χ2n) is 13.9. The van der Waals surface area contributed by atoms with Crippen LogP contribution in [0.5, 0.6) is 0 Å². The van der Waals surface area contributed by atoms with Crippen molar-refractivity contribution in [1.82, 2.24) is 0 Å². The molecule has 1 N–H and O–H groups in total. The number of ketones is 3. The highest BCUT2D eigenvalue weighted by Gasteiger charge is 2.66. The predicted molar refractivity (Wildman–Crippen MR) is 147 cm³/mol. The third kappa shape index (κ3) is 6.57. The minimum absolute atomic E-state index is 0.0379. The Morgan fingerprint density at radius 3 is 2.33 bits per heavy atom. The van der Waals surface area contributed by atoms with Gasteiger partial charge in [0.1, 0.15) is 17.3 Å². The maximum atomic E-state index is 14.1. The van der Waals surface area contributed by atoms with E-state index in [0.29, 0.717) is 38.5 Å². The highest BCUT2D eigenvalue weighted by atomic mass is 32.2. The zero-order chi connectivity index (χ0) is 33.8. The second-order valence-corrected chi connectivity index (χ2v) is 15.3. The van der Waals surface area contributed by atoms with Crippen LogP contribution in [0.25, 0.3) is 0 Å². The summed E-state index contributed by atoms with van der Waals surface area (Å²) in [6, 6.07) is 0. The smallest absolute Gasteiger partial charge is 0.460 e. The number of hydrogen-bond acceptors (Lipinski definition) is 9. The van der Waals surface area contributed by atoms with Crippen LogP contribution in [0.4, 0.5) is 17.6 Å². The zero-order valence-corrected chi connectivity index (χ0v) is 26.3. The fourth-order valence-corrected chi connectivity index (χ4v) is 9.02. The Labute approximate surface area is 259 Å². The fraction of sp³-hybridized carbons (Fsp3) is 0.833. The molecule has 10 nitrogen and oxygen atoms in total.